The molecule has 1 fully saturated rings. The molecule has 4 heteroatoms. The number of rotatable bonds is 6. The molecule has 6 rings (SSSR count). The van der Waals surface area contributed by atoms with Crippen molar-refractivity contribution >= 4 is 35.7 Å². The Hall–Kier alpha value is -3.55. The summed E-state index contributed by atoms with van der Waals surface area (Å²) in [6, 6.07) is 33.5. The van der Waals surface area contributed by atoms with Crippen molar-refractivity contribution in [3.63, 3.8) is 0 Å². The van der Waals surface area contributed by atoms with Crippen molar-refractivity contribution < 1.29 is 4.79 Å². The average Bonchev–Trinajstić information content (AvgIpc) is 3.40. The van der Waals surface area contributed by atoms with E-state index in [1.165, 1.54) is 48.2 Å². The van der Waals surface area contributed by atoms with Crippen LogP contribution in [-0.2, 0) is 4.79 Å². The highest BCUT2D eigenvalue weighted by Gasteiger charge is 2.42. The van der Waals surface area contributed by atoms with E-state index in [0.717, 1.165) is 22.5 Å². The molecule has 4 aromatic rings. The molecule has 1 aliphatic heterocycles. The summed E-state index contributed by atoms with van der Waals surface area (Å²) in [5.74, 6) is 3.02. The summed E-state index contributed by atoms with van der Waals surface area (Å²) in [5.41, 5.74) is 3.91. The maximum Gasteiger partial charge on any atom is 0.225 e. The van der Waals surface area contributed by atoms with Gasteiger partial charge in [-0.1, -0.05) is 123 Å². The molecule has 39 heavy (non-hydrogen) atoms. The zero-order chi connectivity index (χ0) is 26.8. The smallest absolute Gasteiger partial charge is 0.225 e. The molecule has 1 unspecified atom stereocenters. The summed E-state index contributed by atoms with van der Waals surface area (Å²) in [6.45, 7) is 6.05. The molecule has 3 atom stereocenters. The fraction of sp³-hybridized carbons (Fsp3) is 0.257. The number of carbonyl (C=O) groups is 1. The minimum Gasteiger partial charge on any atom is -0.287 e. The zero-order valence-electron chi connectivity index (χ0n) is 22.5. The Kier molecular flexibility index (Phi) is 7.44. The van der Waals surface area contributed by atoms with Gasteiger partial charge in [0.15, 0.2) is 0 Å². The molecule has 1 amide bonds. The molecule has 4 aromatic carbocycles. The molecule has 2 aliphatic rings. The Morgan fingerprint density at radius 3 is 2.15 bits per heavy atom. The van der Waals surface area contributed by atoms with Gasteiger partial charge in [-0.15, -0.1) is 0 Å². The van der Waals surface area contributed by atoms with Crippen molar-refractivity contribution in [1.29, 1.82) is 0 Å². The Balaban J connectivity index is 1.59. The van der Waals surface area contributed by atoms with Crippen LogP contribution in [0.5, 0.6) is 0 Å². The summed E-state index contributed by atoms with van der Waals surface area (Å²) in [7, 11) is -0.639. The molecular weight excluding hydrogens is 495 g/mol. The molecule has 0 spiro atoms. The maximum atomic E-state index is 13.5. The van der Waals surface area contributed by atoms with E-state index in [4.69, 9.17) is 4.99 Å². The second-order valence-corrected chi connectivity index (χ2v) is 13.0. The van der Waals surface area contributed by atoms with E-state index in [-0.39, 0.29) is 18.0 Å². The van der Waals surface area contributed by atoms with Gasteiger partial charge in [-0.05, 0) is 59.7 Å². The first-order valence-corrected chi connectivity index (χ1v) is 15.6. The minimum absolute atomic E-state index is 0.0146. The Bertz CT molecular complexity index is 1510. The molecule has 1 saturated carbocycles. The van der Waals surface area contributed by atoms with Gasteiger partial charge < -0.3 is 0 Å². The van der Waals surface area contributed by atoms with E-state index in [1.54, 1.807) is 6.92 Å². The van der Waals surface area contributed by atoms with Crippen LogP contribution in [0.25, 0.3) is 10.8 Å². The van der Waals surface area contributed by atoms with Crippen molar-refractivity contribution in [2.24, 2.45) is 4.99 Å². The van der Waals surface area contributed by atoms with E-state index in [9.17, 15) is 4.79 Å². The topological polar surface area (TPSA) is 32.7 Å². The van der Waals surface area contributed by atoms with Gasteiger partial charge in [0.1, 0.15) is 11.9 Å². The SMILES string of the molecule is C=CP(c1c(C2=N[C@@H](c3ccccc3)[C@H](c3ccccc3)N2C(C)=O)ccc2ccccc12)C1CCCCC1. The van der Waals surface area contributed by atoms with Crippen LogP contribution in [0.1, 0.15) is 67.8 Å². The molecule has 0 N–H and O–H groups in total. The minimum atomic E-state index is -0.639. The molecule has 0 saturated heterocycles. The molecule has 0 radical (unpaired) electrons. The van der Waals surface area contributed by atoms with Crippen molar-refractivity contribution in [3.05, 3.63) is 126 Å². The number of nitrogens with zero attached hydrogens (tertiary/aromatic N) is 2. The lowest BCUT2D eigenvalue weighted by Crippen LogP contribution is -2.38. The van der Waals surface area contributed by atoms with Crippen LogP contribution < -0.4 is 5.30 Å². The fourth-order valence-electron chi connectivity index (χ4n) is 6.47. The van der Waals surface area contributed by atoms with Crippen molar-refractivity contribution in [3.8, 4) is 0 Å². The van der Waals surface area contributed by atoms with Gasteiger partial charge in [0.25, 0.3) is 0 Å². The Labute approximate surface area is 233 Å². The number of carbonyl (C=O) groups excluding carboxylic acids is 1. The van der Waals surface area contributed by atoms with Gasteiger partial charge in [-0.3, -0.25) is 14.7 Å². The summed E-state index contributed by atoms with van der Waals surface area (Å²) in [6.07, 6.45) is 6.36. The molecule has 1 aliphatic carbocycles. The summed E-state index contributed by atoms with van der Waals surface area (Å²) < 4.78 is 0. The largest absolute Gasteiger partial charge is 0.287 e. The molecule has 196 valence electrons. The second-order valence-electron chi connectivity index (χ2n) is 10.6. The normalized spacial score (nSPS) is 20.5. The summed E-state index contributed by atoms with van der Waals surface area (Å²) >= 11 is 0. The average molecular weight is 531 g/mol. The van der Waals surface area contributed by atoms with Crippen molar-refractivity contribution in [2.75, 3.05) is 0 Å². The lowest BCUT2D eigenvalue weighted by Gasteiger charge is -2.33. The van der Waals surface area contributed by atoms with Crippen LogP contribution in [0.2, 0.25) is 0 Å². The first-order valence-electron chi connectivity index (χ1n) is 14.1. The second kappa shape index (κ2) is 11.3. The third-order valence-electron chi connectivity index (χ3n) is 8.25. The molecule has 0 bridgehead atoms. The Morgan fingerprint density at radius 1 is 0.846 bits per heavy atom. The predicted molar refractivity (Wildman–Crippen MR) is 165 cm³/mol. The lowest BCUT2D eigenvalue weighted by atomic mass is 9.93. The number of benzene rings is 4. The van der Waals surface area contributed by atoms with Crippen molar-refractivity contribution in [2.45, 2.75) is 56.8 Å². The summed E-state index contributed by atoms with van der Waals surface area (Å²) in [4.78, 5) is 20.9. The zero-order valence-corrected chi connectivity index (χ0v) is 23.4. The molecule has 3 nitrogen and oxygen atoms in total. The van der Waals surface area contributed by atoms with Crippen LogP contribution in [0.15, 0.2) is 114 Å². The fourth-order valence-corrected chi connectivity index (χ4v) is 9.17. The van der Waals surface area contributed by atoms with Crippen LogP contribution >= 0.6 is 7.92 Å². The van der Waals surface area contributed by atoms with E-state index in [1.807, 2.05) is 17.0 Å². The van der Waals surface area contributed by atoms with E-state index in [2.05, 4.69) is 97.3 Å². The number of aliphatic imine (C=N–C) groups is 1. The molecule has 0 aromatic heterocycles. The third-order valence-corrected chi connectivity index (χ3v) is 10.9. The number of hydrogen-bond acceptors (Lipinski definition) is 2. The molecule has 1 heterocycles. The Morgan fingerprint density at radius 2 is 1.49 bits per heavy atom. The number of amidine groups is 1. The van der Waals surface area contributed by atoms with E-state index < -0.39 is 7.92 Å². The van der Waals surface area contributed by atoms with Crippen LogP contribution in [0, 0.1) is 0 Å². The van der Waals surface area contributed by atoms with Gasteiger partial charge >= 0.3 is 0 Å². The first-order chi connectivity index (χ1) is 19.2. The monoisotopic (exact) mass is 530 g/mol. The maximum absolute atomic E-state index is 13.5. The van der Waals surface area contributed by atoms with Gasteiger partial charge in [-0.25, -0.2) is 0 Å². The number of fused-ring (bicyclic) bond motifs is 1. The highest BCUT2D eigenvalue weighted by atomic mass is 31.1. The summed E-state index contributed by atoms with van der Waals surface area (Å²) in [5, 5.41) is 3.82. The lowest BCUT2D eigenvalue weighted by molar-refractivity contribution is -0.126. The third kappa shape index (κ3) is 4.85. The van der Waals surface area contributed by atoms with Gasteiger partial charge in [0.2, 0.25) is 5.91 Å². The highest BCUT2D eigenvalue weighted by Crippen LogP contribution is 2.51. The standard InChI is InChI=1S/C35H35N2OP/c1-3-39(29-20-11-6-12-21-29)34-30-22-14-13-15-26(30)23-24-31(34)35-36-32(27-16-7-4-8-17-27)33(37(35)25(2)38)28-18-9-5-10-19-28/h3-5,7-10,13-19,22-24,29,32-33H,1,6,11-12,20-21H2,2H3/t32-,33-,39?/m0/s1. The number of hydrogen-bond donors (Lipinski definition) is 0. The van der Waals surface area contributed by atoms with Crippen LogP contribution in [0.4, 0.5) is 0 Å². The van der Waals surface area contributed by atoms with E-state index >= 15 is 0 Å². The van der Waals surface area contributed by atoms with Gasteiger partial charge in [0.05, 0.1) is 6.04 Å². The highest BCUT2D eigenvalue weighted by molar-refractivity contribution is 7.70. The predicted octanol–water partition coefficient (Wildman–Crippen LogP) is 8.51. The van der Waals surface area contributed by atoms with Gasteiger partial charge in [-0.2, -0.15) is 0 Å². The molecular formula is C35H35N2OP. The quantitative estimate of drug-likeness (QED) is 0.230. The van der Waals surface area contributed by atoms with Crippen LogP contribution in [0.3, 0.4) is 0 Å². The van der Waals surface area contributed by atoms with E-state index in [0.29, 0.717) is 5.66 Å². The van der Waals surface area contributed by atoms with Crippen LogP contribution in [-0.4, -0.2) is 22.3 Å². The van der Waals surface area contributed by atoms with Crippen molar-refractivity contribution in [1.82, 2.24) is 4.90 Å². The van der Waals surface area contributed by atoms with Gasteiger partial charge in [0, 0.05) is 12.5 Å². The number of amides is 1. The first kappa shape index (κ1) is 25.7.